The van der Waals surface area contributed by atoms with E-state index >= 15 is 0 Å². The van der Waals surface area contributed by atoms with Crippen LogP contribution >= 0.6 is 11.3 Å². The molecular formula is C42H25NOS. The zero-order chi connectivity index (χ0) is 29.5. The lowest BCUT2D eigenvalue weighted by molar-refractivity contribution is 0.669. The molecule has 0 bridgehead atoms. The molecule has 8 aromatic carbocycles. The van der Waals surface area contributed by atoms with Crippen molar-refractivity contribution < 1.29 is 4.42 Å². The first-order valence-corrected chi connectivity index (χ1v) is 16.1. The third kappa shape index (κ3) is 3.62. The van der Waals surface area contributed by atoms with Crippen LogP contribution in [0.25, 0.3) is 74.4 Å². The zero-order valence-corrected chi connectivity index (χ0v) is 25.0. The Bertz CT molecular complexity index is 2670. The lowest BCUT2D eigenvalue weighted by Gasteiger charge is -2.27. The van der Waals surface area contributed by atoms with Crippen molar-refractivity contribution in [1.29, 1.82) is 0 Å². The van der Waals surface area contributed by atoms with Gasteiger partial charge in [0.05, 0.1) is 16.8 Å². The standard InChI is InChI=1S/C42H25NOS/c1-2-10-29-26(9-1)20-24-31-30(29)23-21-27-19-22-28(25-34(27)31)43(35-13-7-16-38-41(35)32-11-3-5-15-37(32)44-38)36-14-8-18-40-42(36)33-12-4-6-17-39(33)45-40/h1-25H. The Balaban J connectivity index is 1.33. The van der Waals surface area contributed by atoms with Crippen molar-refractivity contribution in [2.75, 3.05) is 4.90 Å². The molecule has 10 rings (SSSR count). The van der Waals surface area contributed by atoms with Crippen molar-refractivity contribution in [2.45, 2.75) is 0 Å². The second-order valence-corrected chi connectivity index (χ2v) is 12.8. The first-order chi connectivity index (χ1) is 22.3. The summed E-state index contributed by atoms with van der Waals surface area (Å²) in [4.78, 5) is 2.45. The SMILES string of the molecule is c1ccc2c(c1)ccc1c3cc(N(c4cccc5oc6ccccc6c45)c4cccc5sc6ccccc6c45)ccc3ccc21. The second-order valence-electron chi connectivity index (χ2n) is 11.7. The van der Waals surface area contributed by atoms with E-state index in [1.807, 2.05) is 17.4 Å². The molecule has 2 aromatic heterocycles. The molecule has 210 valence electrons. The molecule has 0 spiro atoms. The summed E-state index contributed by atoms with van der Waals surface area (Å²) in [5, 5.41) is 12.3. The van der Waals surface area contributed by atoms with Gasteiger partial charge >= 0.3 is 0 Å². The Hall–Kier alpha value is -5.64. The maximum atomic E-state index is 6.40. The van der Waals surface area contributed by atoms with Crippen molar-refractivity contribution in [2.24, 2.45) is 0 Å². The molecule has 10 aromatic rings. The van der Waals surface area contributed by atoms with E-state index in [0.29, 0.717) is 0 Å². The number of anilines is 3. The van der Waals surface area contributed by atoms with Gasteiger partial charge in [-0.2, -0.15) is 0 Å². The summed E-state index contributed by atoms with van der Waals surface area (Å²) in [6, 6.07) is 54.9. The Labute approximate surface area is 263 Å². The van der Waals surface area contributed by atoms with Crippen molar-refractivity contribution in [3.05, 3.63) is 152 Å². The van der Waals surface area contributed by atoms with Crippen LogP contribution in [-0.2, 0) is 0 Å². The topological polar surface area (TPSA) is 16.4 Å². The molecule has 0 aliphatic rings. The summed E-state index contributed by atoms with van der Waals surface area (Å²) in [5.41, 5.74) is 5.16. The quantitative estimate of drug-likeness (QED) is 0.190. The highest BCUT2D eigenvalue weighted by Crippen LogP contribution is 2.48. The van der Waals surface area contributed by atoms with E-state index in [-0.39, 0.29) is 0 Å². The Morgan fingerprint density at radius 1 is 0.400 bits per heavy atom. The normalized spacial score (nSPS) is 12.0. The van der Waals surface area contributed by atoms with Gasteiger partial charge in [-0.05, 0) is 80.8 Å². The molecule has 0 saturated carbocycles. The fraction of sp³-hybridized carbons (Fsp3) is 0. The predicted octanol–water partition coefficient (Wildman–Crippen LogP) is 12.9. The monoisotopic (exact) mass is 591 g/mol. The summed E-state index contributed by atoms with van der Waals surface area (Å²) < 4.78 is 8.97. The average Bonchev–Trinajstić information content (AvgIpc) is 3.67. The van der Waals surface area contributed by atoms with Gasteiger partial charge in [0.1, 0.15) is 11.2 Å². The third-order valence-electron chi connectivity index (χ3n) is 9.23. The van der Waals surface area contributed by atoms with E-state index in [1.165, 1.54) is 52.5 Å². The molecule has 2 nitrogen and oxygen atoms in total. The van der Waals surface area contributed by atoms with E-state index in [1.54, 1.807) is 0 Å². The zero-order valence-electron chi connectivity index (χ0n) is 24.2. The van der Waals surface area contributed by atoms with Gasteiger partial charge in [0.25, 0.3) is 0 Å². The van der Waals surface area contributed by atoms with Crippen molar-refractivity contribution >= 4 is 103 Å². The van der Waals surface area contributed by atoms with Crippen LogP contribution in [-0.4, -0.2) is 0 Å². The molecule has 0 fully saturated rings. The number of fused-ring (bicyclic) bond motifs is 11. The molecule has 3 heteroatoms. The number of nitrogens with zero attached hydrogens (tertiary/aromatic N) is 1. The fourth-order valence-corrected chi connectivity index (χ4v) is 8.36. The largest absolute Gasteiger partial charge is 0.456 e. The Morgan fingerprint density at radius 2 is 1.02 bits per heavy atom. The highest BCUT2D eigenvalue weighted by atomic mass is 32.1. The van der Waals surface area contributed by atoms with Crippen molar-refractivity contribution in [3.8, 4) is 0 Å². The lowest BCUT2D eigenvalue weighted by Crippen LogP contribution is -2.10. The molecule has 2 heterocycles. The highest BCUT2D eigenvalue weighted by Gasteiger charge is 2.23. The maximum absolute atomic E-state index is 6.40. The fourth-order valence-electron chi connectivity index (χ4n) is 7.24. The van der Waals surface area contributed by atoms with Gasteiger partial charge in [0, 0.05) is 31.2 Å². The molecule has 0 aliphatic heterocycles. The molecule has 0 unspecified atom stereocenters. The average molecular weight is 592 g/mol. The molecule has 0 N–H and O–H groups in total. The number of rotatable bonds is 3. The van der Waals surface area contributed by atoms with Crippen LogP contribution in [0.5, 0.6) is 0 Å². The van der Waals surface area contributed by atoms with E-state index < -0.39 is 0 Å². The number of thiophene rings is 1. The minimum atomic E-state index is 0.888. The molecule has 0 atom stereocenters. The van der Waals surface area contributed by atoms with Crippen LogP contribution < -0.4 is 4.90 Å². The maximum Gasteiger partial charge on any atom is 0.137 e. The Morgan fingerprint density at radius 3 is 1.91 bits per heavy atom. The summed E-state index contributed by atoms with van der Waals surface area (Å²) >= 11 is 1.85. The van der Waals surface area contributed by atoms with E-state index in [0.717, 1.165) is 39.0 Å². The number of para-hydroxylation sites is 1. The second kappa shape index (κ2) is 9.43. The van der Waals surface area contributed by atoms with Gasteiger partial charge in [-0.25, -0.2) is 0 Å². The van der Waals surface area contributed by atoms with Gasteiger partial charge in [0.15, 0.2) is 0 Å². The van der Waals surface area contributed by atoms with E-state index in [4.69, 9.17) is 4.42 Å². The summed E-state index contributed by atoms with van der Waals surface area (Å²) in [6.07, 6.45) is 0. The smallest absolute Gasteiger partial charge is 0.137 e. The number of hydrogen-bond donors (Lipinski definition) is 0. The van der Waals surface area contributed by atoms with Gasteiger partial charge in [0.2, 0.25) is 0 Å². The Kier molecular flexibility index (Phi) is 5.19. The van der Waals surface area contributed by atoms with Gasteiger partial charge < -0.3 is 9.32 Å². The first-order valence-electron chi connectivity index (χ1n) is 15.3. The summed E-state index contributed by atoms with van der Waals surface area (Å²) in [5.74, 6) is 0. The van der Waals surface area contributed by atoms with Gasteiger partial charge in [-0.1, -0.05) is 103 Å². The summed E-state index contributed by atoms with van der Waals surface area (Å²) in [6.45, 7) is 0. The predicted molar refractivity (Wildman–Crippen MR) is 194 cm³/mol. The van der Waals surface area contributed by atoms with Crippen LogP contribution in [0.4, 0.5) is 17.1 Å². The number of benzene rings is 8. The van der Waals surface area contributed by atoms with Crippen LogP contribution in [0.1, 0.15) is 0 Å². The molecular weight excluding hydrogens is 567 g/mol. The summed E-state index contributed by atoms with van der Waals surface area (Å²) in [7, 11) is 0. The van der Waals surface area contributed by atoms with E-state index in [2.05, 4.69) is 150 Å². The first kappa shape index (κ1) is 24.8. The van der Waals surface area contributed by atoms with E-state index in [9.17, 15) is 0 Å². The van der Waals surface area contributed by atoms with Gasteiger partial charge in [-0.3, -0.25) is 0 Å². The van der Waals surface area contributed by atoms with Crippen molar-refractivity contribution in [1.82, 2.24) is 0 Å². The van der Waals surface area contributed by atoms with Crippen molar-refractivity contribution in [3.63, 3.8) is 0 Å². The van der Waals surface area contributed by atoms with Crippen LogP contribution in [0.15, 0.2) is 156 Å². The molecule has 0 radical (unpaired) electrons. The molecule has 0 aliphatic carbocycles. The van der Waals surface area contributed by atoms with Crippen LogP contribution in [0.2, 0.25) is 0 Å². The minimum absolute atomic E-state index is 0.888. The van der Waals surface area contributed by atoms with Gasteiger partial charge in [-0.15, -0.1) is 11.3 Å². The molecule has 0 amide bonds. The minimum Gasteiger partial charge on any atom is -0.456 e. The number of hydrogen-bond acceptors (Lipinski definition) is 3. The highest BCUT2D eigenvalue weighted by molar-refractivity contribution is 7.26. The number of furan rings is 1. The van der Waals surface area contributed by atoms with Crippen LogP contribution in [0.3, 0.4) is 0 Å². The molecule has 45 heavy (non-hydrogen) atoms. The van der Waals surface area contributed by atoms with Crippen LogP contribution in [0, 0.1) is 0 Å². The molecule has 0 saturated heterocycles. The third-order valence-corrected chi connectivity index (χ3v) is 10.4. The lowest BCUT2D eigenvalue weighted by atomic mass is 9.96.